The Labute approximate surface area is 362 Å². The minimum absolute atomic E-state index is 0.185. The summed E-state index contributed by atoms with van der Waals surface area (Å²) in [5, 5.41) is 15.9. The van der Waals surface area contributed by atoms with Gasteiger partial charge in [-0.2, -0.15) is 0 Å². The molecular formula is C61H45N. The van der Waals surface area contributed by atoms with Gasteiger partial charge in [0.05, 0.1) is 0 Å². The number of hydrogen-bond acceptors (Lipinski definition) is 1. The molecule has 11 aromatic rings. The van der Waals surface area contributed by atoms with Crippen LogP contribution < -0.4 is 4.90 Å². The van der Waals surface area contributed by atoms with Crippen LogP contribution in [0.5, 0.6) is 0 Å². The lowest BCUT2D eigenvalue weighted by Crippen LogP contribution is -2.17. The van der Waals surface area contributed by atoms with E-state index in [4.69, 9.17) is 0 Å². The fourth-order valence-corrected chi connectivity index (χ4v) is 12.3. The second kappa shape index (κ2) is 12.4. The molecule has 13 rings (SSSR count). The number of rotatable bonds is 3. The minimum atomic E-state index is -0.185. The molecule has 0 saturated carbocycles. The Bertz CT molecular complexity index is 3540. The van der Waals surface area contributed by atoms with E-state index in [0.29, 0.717) is 0 Å². The van der Waals surface area contributed by atoms with Crippen LogP contribution in [-0.4, -0.2) is 0 Å². The van der Waals surface area contributed by atoms with Gasteiger partial charge in [0.1, 0.15) is 0 Å². The van der Waals surface area contributed by atoms with E-state index in [1.54, 1.807) is 0 Å². The van der Waals surface area contributed by atoms with E-state index in [2.05, 4.69) is 222 Å². The predicted molar refractivity (Wildman–Crippen MR) is 266 cm³/mol. The van der Waals surface area contributed by atoms with Crippen LogP contribution in [0.2, 0.25) is 0 Å². The highest BCUT2D eigenvalue weighted by Crippen LogP contribution is 2.58. The van der Waals surface area contributed by atoms with E-state index in [0.717, 1.165) is 11.4 Å². The number of para-hydroxylation sites is 1. The Hall–Kier alpha value is -7.22. The number of nitrogens with zero attached hydrogens (tertiary/aromatic N) is 1. The summed E-state index contributed by atoms with van der Waals surface area (Å²) >= 11 is 0. The summed E-state index contributed by atoms with van der Waals surface area (Å²) in [5.41, 5.74) is 15.6. The summed E-state index contributed by atoms with van der Waals surface area (Å²) in [6, 6.07) is 68.6. The zero-order chi connectivity index (χ0) is 41.6. The van der Waals surface area contributed by atoms with Crippen molar-refractivity contribution in [1.29, 1.82) is 0 Å². The first-order valence-electron chi connectivity index (χ1n) is 22.1. The molecule has 294 valence electrons. The van der Waals surface area contributed by atoms with E-state index in [9.17, 15) is 0 Å². The fraction of sp³-hybridized carbons (Fsp3) is 0.115. The smallest absolute Gasteiger partial charge is 0.0490 e. The van der Waals surface area contributed by atoms with E-state index in [-0.39, 0.29) is 10.8 Å². The third-order valence-corrected chi connectivity index (χ3v) is 14.8. The molecule has 0 aliphatic heterocycles. The Kier molecular flexibility index (Phi) is 7.12. The summed E-state index contributed by atoms with van der Waals surface area (Å²) in [6.45, 7) is 12.0. The molecule has 0 amide bonds. The van der Waals surface area contributed by atoms with Gasteiger partial charge in [0.2, 0.25) is 0 Å². The van der Waals surface area contributed by atoms with Crippen LogP contribution in [0.1, 0.15) is 55.5 Å². The summed E-state index contributed by atoms with van der Waals surface area (Å²) in [6.07, 6.45) is 0. The SMILES string of the molecule is Cc1ccccc1N(c1ccc2c3c(ccc2c1)-c1c(c2ccccc2c2ccccc12)C3(C)C)c1ccc2c3c(ccc2c1)-c1c(c2ccccc2c2ccccc12)C3(C)C. The third kappa shape index (κ3) is 4.58. The van der Waals surface area contributed by atoms with E-state index in [1.807, 2.05) is 0 Å². The van der Waals surface area contributed by atoms with Gasteiger partial charge in [0, 0.05) is 27.9 Å². The average Bonchev–Trinajstić information content (AvgIpc) is 3.70. The second-order valence-corrected chi connectivity index (χ2v) is 18.8. The van der Waals surface area contributed by atoms with Gasteiger partial charge in [-0.25, -0.2) is 0 Å². The van der Waals surface area contributed by atoms with Crippen molar-refractivity contribution in [3.8, 4) is 22.3 Å². The Balaban J connectivity index is 0.993. The average molecular weight is 792 g/mol. The van der Waals surface area contributed by atoms with Crippen molar-refractivity contribution in [3.05, 3.63) is 210 Å². The van der Waals surface area contributed by atoms with Crippen LogP contribution in [0.4, 0.5) is 17.1 Å². The molecule has 0 aromatic heterocycles. The molecule has 62 heavy (non-hydrogen) atoms. The molecule has 11 aromatic carbocycles. The van der Waals surface area contributed by atoms with Gasteiger partial charge in [-0.3, -0.25) is 0 Å². The molecule has 0 fully saturated rings. The fourth-order valence-electron chi connectivity index (χ4n) is 12.3. The quantitative estimate of drug-likeness (QED) is 0.161. The highest BCUT2D eigenvalue weighted by Gasteiger charge is 2.41. The number of hydrogen-bond donors (Lipinski definition) is 0. The lowest BCUT2D eigenvalue weighted by molar-refractivity contribution is 0.672. The molecule has 0 unspecified atom stereocenters. The predicted octanol–water partition coefficient (Wildman–Crippen LogP) is 17.0. The number of fused-ring (bicyclic) bond motifs is 20. The largest absolute Gasteiger partial charge is 0.310 e. The summed E-state index contributed by atoms with van der Waals surface area (Å²) in [7, 11) is 0. The van der Waals surface area contributed by atoms with Crippen LogP contribution in [-0.2, 0) is 10.8 Å². The van der Waals surface area contributed by atoms with Gasteiger partial charge in [0.25, 0.3) is 0 Å². The van der Waals surface area contributed by atoms with Gasteiger partial charge in [0.15, 0.2) is 0 Å². The Morgan fingerprint density at radius 2 is 0.694 bits per heavy atom. The maximum Gasteiger partial charge on any atom is 0.0490 e. The van der Waals surface area contributed by atoms with Gasteiger partial charge in [-0.05, 0) is 152 Å². The van der Waals surface area contributed by atoms with Crippen molar-refractivity contribution in [2.45, 2.75) is 45.4 Å². The molecule has 0 atom stereocenters. The maximum absolute atomic E-state index is 2.47. The van der Waals surface area contributed by atoms with Crippen molar-refractivity contribution in [3.63, 3.8) is 0 Å². The van der Waals surface area contributed by atoms with Crippen molar-refractivity contribution in [2.75, 3.05) is 4.90 Å². The first-order valence-corrected chi connectivity index (χ1v) is 22.1. The maximum atomic E-state index is 2.47. The zero-order valence-electron chi connectivity index (χ0n) is 35.8. The summed E-state index contributed by atoms with van der Waals surface area (Å²) < 4.78 is 0. The van der Waals surface area contributed by atoms with Crippen LogP contribution in [0.15, 0.2) is 182 Å². The minimum Gasteiger partial charge on any atom is -0.310 e. The van der Waals surface area contributed by atoms with Crippen LogP contribution in [0.25, 0.3) is 86.9 Å². The lowest BCUT2D eigenvalue weighted by atomic mass is 9.77. The standard InChI is InChI=1S/C61H45N/c1-36-16-6-15-25-53(36)62(39-28-32-41-37(34-39)26-30-51-54-47-21-11-7-17-43(47)45-19-9-13-23-49(45)58(54)60(2,3)56(41)51)40-29-33-42-38(35-40)27-31-52-55-48-22-12-8-18-44(48)46-20-10-14-24-50(46)59(55)61(4,5)57(42)52/h6-35H,1-5H3. The highest BCUT2D eigenvalue weighted by atomic mass is 15.1. The first kappa shape index (κ1) is 35.5. The number of benzene rings is 11. The topological polar surface area (TPSA) is 3.24 Å². The molecule has 2 aliphatic rings. The molecule has 0 saturated heterocycles. The molecule has 0 radical (unpaired) electrons. The van der Waals surface area contributed by atoms with Crippen LogP contribution in [0.3, 0.4) is 0 Å². The van der Waals surface area contributed by atoms with E-state index < -0.39 is 0 Å². The van der Waals surface area contributed by atoms with Crippen molar-refractivity contribution >= 4 is 81.7 Å². The molecular weight excluding hydrogens is 747 g/mol. The normalized spacial score (nSPS) is 14.5. The van der Waals surface area contributed by atoms with Gasteiger partial charge >= 0.3 is 0 Å². The zero-order valence-corrected chi connectivity index (χ0v) is 35.8. The van der Waals surface area contributed by atoms with Crippen LogP contribution in [0, 0.1) is 6.92 Å². The number of aryl methyl sites for hydroxylation is 1. The molecule has 1 heteroatoms. The second-order valence-electron chi connectivity index (χ2n) is 18.8. The Morgan fingerprint density at radius 1 is 0.323 bits per heavy atom. The number of anilines is 3. The van der Waals surface area contributed by atoms with Gasteiger partial charge in [-0.1, -0.05) is 179 Å². The van der Waals surface area contributed by atoms with Gasteiger partial charge < -0.3 is 4.90 Å². The molecule has 0 bridgehead atoms. The van der Waals surface area contributed by atoms with Crippen molar-refractivity contribution in [2.24, 2.45) is 0 Å². The van der Waals surface area contributed by atoms with E-state index >= 15 is 0 Å². The summed E-state index contributed by atoms with van der Waals surface area (Å²) in [5.74, 6) is 0. The highest BCUT2D eigenvalue weighted by molar-refractivity contribution is 6.21. The molecule has 0 spiro atoms. The third-order valence-electron chi connectivity index (χ3n) is 14.8. The van der Waals surface area contributed by atoms with Crippen molar-refractivity contribution < 1.29 is 0 Å². The summed E-state index contributed by atoms with van der Waals surface area (Å²) in [4.78, 5) is 2.47. The Morgan fingerprint density at radius 3 is 1.13 bits per heavy atom. The molecule has 1 nitrogen and oxygen atoms in total. The molecule has 2 aliphatic carbocycles. The lowest BCUT2D eigenvalue weighted by Gasteiger charge is -2.29. The van der Waals surface area contributed by atoms with Gasteiger partial charge in [-0.15, -0.1) is 0 Å². The monoisotopic (exact) mass is 791 g/mol. The van der Waals surface area contributed by atoms with E-state index in [1.165, 1.54) is 120 Å². The van der Waals surface area contributed by atoms with Crippen molar-refractivity contribution in [1.82, 2.24) is 0 Å². The first-order chi connectivity index (χ1) is 30.2. The molecule has 0 heterocycles. The van der Waals surface area contributed by atoms with Crippen LogP contribution >= 0.6 is 0 Å². The molecule has 0 N–H and O–H groups in total.